The molecule has 1 N–H and O–H groups in total. The van der Waals surface area contributed by atoms with Crippen LogP contribution in [-0.2, 0) is 10.2 Å². The Hall–Kier alpha value is -1.92. The van der Waals surface area contributed by atoms with E-state index in [0.29, 0.717) is 5.75 Å². The average molecular weight is 386 g/mol. The number of rotatable bonds is 4. The number of carbonyl (C=O) groups excluding carboxylic acids is 1. The van der Waals surface area contributed by atoms with Crippen LogP contribution in [0.15, 0.2) is 35.6 Å². The third-order valence-electron chi connectivity index (χ3n) is 4.28. The molecule has 136 valence electrons. The van der Waals surface area contributed by atoms with Crippen molar-refractivity contribution in [1.82, 2.24) is 9.97 Å². The van der Waals surface area contributed by atoms with E-state index in [-0.39, 0.29) is 11.3 Å². The third-order valence-corrected chi connectivity index (χ3v) is 6.38. The number of benzene rings is 1. The number of nitrogens with zero attached hydrogens (tertiary/aromatic N) is 2. The van der Waals surface area contributed by atoms with E-state index < -0.39 is 0 Å². The zero-order chi connectivity index (χ0) is 18.9. The first-order valence-corrected chi connectivity index (χ1v) is 10.3. The van der Waals surface area contributed by atoms with Gasteiger partial charge in [0.1, 0.15) is 16.2 Å². The molecular formula is C20H23N3OS2. The number of amides is 1. The maximum atomic E-state index is 12.5. The normalized spacial score (nSPS) is 11.7. The highest BCUT2D eigenvalue weighted by Crippen LogP contribution is 2.34. The summed E-state index contributed by atoms with van der Waals surface area (Å²) in [4.78, 5) is 23.5. The molecule has 0 unspecified atom stereocenters. The van der Waals surface area contributed by atoms with Crippen molar-refractivity contribution in [2.45, 2.75) is 45.1 Å². The van der Waals surface area contributed by atoms with E-state index in [2.05, 4.69) is 56.0 Å². The lowest BCUT2D eigenvalue weighted by Gasteiger charge is -2.23. The summed E-state index contributed by atoms with van der Waals surface area (Å²) in [5, 5.41) is 5.00. The number of hydrogen-bond acceptors (Lipinski definition) is 5. The number of aryl methyl sites for hydroxylation is 2. The summed E-state index contributed by atoms with van der Waals surface area (Å²) in [6.07, 6.45) is 1.58. The molecule has 2 heterocycles. The first kappa shape index (κ1) is 18.9. The molecule has 0 aliphatic carbocycles. The van der Waals surface area contributed by atoms with Crippen LogP contribution in [-0.4, -0.2) is 21.6 Å². The van der Waals surface area contributed by atoms with E-state index in [1.807, 2.05) is 18.2 Å². The summed E-state index contributed by atoms with van der Waals surface area (Å²) >= 11 is 3.13. The van der Waals surface area contributed by atoms with Crippen molar-refractivity contribution in [2.24, 2.45) is 0 Å². The number of aromatic nitrogens is 2. The smallest absolute Gasteiger partial charge is 0.234 e. The molecule has 0 aliphatic rings. The second kappa shape index (κ2) is 7.37. The van der Waals surface area contributed by atoms with Gasteiger partial charge >= 0.3 is 0 Å². The molecule has 0 spiro atoms. The van der Waals surface area contributed by atoms with Crippen LogP contribution < -0.4 is 5.32 Å². The minimum Gasteiger partial charge on any atom is -0.325 e. The van der Waals surface area contributed by atoms with Gasteiger partial charge < -0.3 is 5.32 Å². The number of hydrogen-bond donors (Lipinski definition) is 1. The molecule has 3 aromatic rings. The van der Waals surface area contributed by atoms with E-state index in [1.54, 1.807) is 17.7 Å². The van der Waals surface area contributed by atoms with Crippen molar-refractivity contribution in [3.8, 4) is 0 Å². The summed E-state index contributed by atoms with van der Waals surface area (Å²) < 4.78 is 0. The predicted octanol–water partition coefficient (Wildman–Crippen LogP) is 5.34. The summed E-state index contributed by atoms with van der Waals surface area (Å²) in [7, 11) is 0. The van der Waals surface area contributed by atoms with Crippen LogP contribution in [0.5, 0.6) is 0 Å². The lowest BCUT2D eigenvalue weighted by atomic mass is 9.86. The van der Waals surface area contributed by atoms with E-state index >= 15 is 0 Å². The van der Waals surface area contributed by atoms with Crippen LogP contribution in [0.3, 0.4) is 0 Å². The van der Waals surface area contributed by atoms with Gasteiger partial charge in [0.2, 0.25) is 5.91 Å². The summed E-state index contributed by atoms with van der Waals surface area (Å²) in [5.74, 6) is 0.293. The standard InChI is InChI=1S/C20H23N3OS2/c1-12-13(2)26-19-17(12)18(21-11-22-19)25-10-16(24)23-15-9-7-6-8-14(15)20(3,4)5/h6-9,11H,10H2,1-5H3,(H,23,24). The molecule has 0 radical (unpaired) electrons. The Labute approximate surface area is 162 Å². The molecule has 26 heavy (non-hydrogen) atoms. The fraction of sp³-hybridized carbons (Fsp3) is 0.350. The van der Waals surface area contributed by atoms with Gasteiger partial charge in [0.15, 0.2) is 0 Å². The van der Waals surface area contributed by atoms with Crippen molar-refractivity contribution < 1.29 is 4.79 Å². The highest BCUT2D eigenvalue weighted by Gasteiger charge is 2.19. The minimum absolute atomic E-state index is 0.0249. The van der Waals surface area contributed by atoms with Crippen LogP contribution in [0.1, 0.15) is 36.8 Å². The zero-order valence-electron chi connectivity index (χ0n) is 15.7. The van der Waals surface area contributed by atoms with Crippen LogP contribution >= 0.6 is 23.1 Å². The molecule has 6 heteroatoms. The number of para-hydroxylation sites is 1. The molecular weight excluding hydrogens is 362 g/mol. The Morgan fingerprint density at radius 1 is 1.19 bits per heavy atom. The molecule has 3 rings (SSSR count). The van der Waals surface area contributed by atoms with E-state index in [4.69, 9.17) is 0 Å². The van der Waals surface area contributed by atoms with Crippen molar-refractivity contribution in [3.63, 3.8) is 0 Å². The van der Waals surface area contributed by atoms with Gasteiger partial charge in [-0.25, -0.2) is 9.97 Å². The Kier molecular flexibility index (Phi) is 5.34. The maximum Gasteiger partial charge on any atom is 0.234 e. The quantitative estimate of drug-likeness (QED) is 0.487. The number of nitrogens with one attached hydrogen (secondary N) is 1. The first-order chi connectivity index (χ1) is 12.3. The van der Waals surface area contributed by atoms with Gasteiger partial charge in [0.05, 0.1) is 5.75 Å². The molecule has 1 aromatic carbocycles. The number of carbonyl (C=O) groups is 1. The number of thiophene rings is 1. The number of fused-ring (bicyclic) bond motifs is 1. The summed E-state index contributed by atoms with van der Waals surface area (Å²) in [6, 6.07) is 7.97. The molecule has 2 aromatic heterocycles. The van der Waals surface area contributed by atoms with Crippen molar-refractivity contribution in [3.05, 3.63) is 46.6 Å². The molecule has 0 atom stereocenters. The highest BCUT2D eigenvalue weighted by atomic mass is 32.2. The largest absolute Gasteiger partial charge is 0.325 e. The molecule has 4 nitrogen and oxygen atoms in total. The van der Waals surface area contributed by atoms with Gasteiger partial charge in [0.25, 0.3) is 0 Å². The van der Waals surface area contributed by atoms with Gasteiger partial charge in [0, 0.05) is 16.0 Å². The monoisotopic (exact) mass is 385 g/mol. The Morgan fingerprint density at radius 3 is 2.65 bits per heavy atom. The second-order valence-electron chi connectivity index (χ2n) is 7.27. The average Bonchev–Trinajstić information content (AvgIpc) is 2.87. The second-order valence-corrected chi connectivity index (χ2v) is 9.44. The van der Waals surface area contributed by atoms with Crippen molar-refractivity contribution in [2.75, 3.05) is 11.1 Å². The molecule has 0 fully saturated rings. The van der Waals surface area contributed by atoms with Gasteiger partial charge in [-0.15, -0.1) is 11.3 Å². The maximum absolute atomic E-state index is 12.5. The fourth-order valence-electron chi connectivity index (χ4n) is 2.83. The Morgan fingerprint density at radius 2 is 1.92 bits per heavy atom. The van der Waals surface area contributed by atoms with Crippen molar-refractivity contribution >= 4 is 44.9 Å². The van der Waals surface area contributed by atoms with Crippen LogP contribution in [0.4, 0.5) is 5.69 Å². The van der Waals surface area contributed by atoms with Crippen LogP contribution in [0.2, 0.25) is 0 Å². The zero-order valence-corrected chi connectivity index (χ0v) is 17.3. The van der Waals surface area contributed by atoms with Crippen molar-refractivity contribution in [1.29, 1.82) is 0 Å². The van der Waals surface area contributed by atoms with Gasteiger partial charge in [-0.3, -0.25) is 4.79 Å². The lowest BCUT2D eigenvalue weighted by molar-refractivity contribution is -0.113. The lowest BCUT2D eigenvalue weighted by Crippen LogP contribution is -2.19. The van der Waals surface area contributed by atoms with Gasteiger partial charge in [-0.05, 0) is 36.5 Å². The topological polar surface area (TPSA) is 54.9 Å². The SMILES string of the molecule is Cc1sc2ncnc(SCC(=O)Nc3ccccc3C(C)(C)C)c2c1C. The van der Waals surface area contributed by atoms with Gasteiger partial charge in [-0.1, -0.05) is 50.7 Å². The summed E-state index contributed by atoms with van der Waals surface area (Å²) in [5.41, 5.74) is 3.18. The van der Waals surface area contributed by atoms with Crippen LogP contribution in [0, 0.1) is 13.8 Å². The predicted molar refractivity (Wildman–Crippen MR) is 111 cm³/mol. The minimum atomic E-state index is -0.0266. The molecule has 0 saturated heterocycles. The molecule has 1 amide bonds. The highest BCUT2D eigenvalue weighted by molar-refractivity contribution is 8.00. The van der Waals surface area contributed by atoms with E-state index in [9.17, 15) is 4.79 Å². The number of anilines is 1. The van der Waals surface area contributed by atoms with Crippen LogP contribution in [0.25, 0.3) is 10.2 Å². The third kappa shape index (κ3) is 3.91. The first-order valence-electron chi connectivity index (χ1n) is 8.50. The summed E-state index contributed by atoms with van der Waals surface area (Å²) in [6.45, 7) is 10.6. The Bertz CT molecular complexity index is 957. The molecule has 0 bridgehead atoms. The molecule has 0 saturated carbocycles. The van der Waals surface area contributed by atoms with Gasteiger partial charge in [-0.2, -0.15) is 0 Å². The number of thioether (sulfide) groups is 1. The van der Waals surface area contributed by atoms with E-state index in [1.165, 1.54) is 22.2 Å². The molecule has 0 aliphatic heterocycles. The fourth-order valence-corrected chi connectivity index (χ4v) is 4.74. The van der Waals surface area contributed by atoms with E-state index in [0.717, 1.165) is 26.5 Å². The Balaban J connectivity index is 1.75.